The third-order valence-corrected chi connectivity index (χ3v) is 4.96. The van der Waals surface area contributed by atoms with Crippen LogP contribution in [-0.4, -0.2) is 24.1 Å². The highest BCUT2D eigenvalue weighted by Crippen LogP contribution is 2.22. The van der Waals surface area contributed by atoms with Crippen molar-refractivity contribution in [3.8, 4) is 0 Å². The van der Waals surface area contributed by atoms with Crippen LogP contribution in [0.3, 0.4) is 0 Å². The zero-order valence-corrected chi connectivity index (χ0v) is 12.4. The molecular formula is C16H25NS. The van der Waals surface area contributed by atoms with E-state index in [0.29, 0.717) is 6.04 Å². The minimum atomic E-state index is 0.635. The summed E-state index contributed by atoms with van der Waals surface area (Å²) in [5, 5.41) is 3.70. The second-order valence-electron chi connectivity index (χ2n) is 5.57. The van der Waals surface area contributed by atoms with Crippen LogP contribution in [0.1, 0.15) is 30.9 Å². The Balaban J connectivity index is 1.66. The van der Waals surface area contributed by atoms with Crippen molar-refractivity contribution in [1.82, 2.24) is 5.32 Å². The van der Waals surface area contributed by atoms with Gasteiger partial charge < -0.3 is 5.32 Å². The zero-order valence-electron chi connectivity index (χ0n) is 11.6. The highest BCUT2D eigenvalue weighted by Gasteiger charge is 2.15. The van der Waals surface area contributed by atoms with Crippen LogP contribution in [0, 0.1) is 12.8 Å². The van der Waals surface area contributed by atoms with E-state index in [0.717, 1.165) is 5.92 Å². The molecule has 1 fully saturated rings. The van der Waals surface area contributed by atoms with Crippen molar-refractivity contribution < 1.29 is 0 Å². The molecular weight excluding hydrogens is 238 g/mol. The first kappa shape index (κ1) is 14.0. The number of nitrogens with one attached hydrogen (secondary N) is 1. The van der Waals surface area contributed by atoms with Crippen LogP contribution in [-0.2, 0) is 6.42 Å². The van der Waals surface area contributed by atoms with E-state index in [-0.39, 0.29) is 0 Å². The van der Waals surface area contributed by atoms with Crippen molar-refractivity contribution in [1.29, 1.82) is 0 Å². The summed E-state index contributed by atoms with van der Waals surface area (Å²) in [7, 11) is 0. The molecule has 0 amide bonds. The quantitative estimate of drug-likeness (QED) is 0.840. The number of benzene rings is 1. The summed E-state index contributed by atoms with van der Waals surface area (Å²) in [5.74, 6) is 3.64. The second-order valence-corrected chi connectivity index (χ2v) is 6.72. The van der Waals surface area contributed by atoms with Crippen LogP contribution in [0.5, 0.6) is 0 Å². The van der Waals surface area contributed by atoms with Gasteiger partial charge in [0.2, 0.25) is 0 Å². The van der Waals surface area contributed by atoms with E-state index < -0.39 is 0 Å². The van der Waals surface area contributed by atoms with Gasteiger partial charge in [-0.05, 0) is 62.6 Å². The van der Waals surface area contributed by atoms with Crippen LogP contribution in [0.4, 0.5) is 0 Å². The van der Waals surface area contributed by atoms with E-state index in [9.17, 15) is 0 Å². The molecule has 0 radical (unpaired) electrons. The van der Waals surface area contributed by atoms with Crippen LogP contribution in [0.15, 0.2) is 24.3 Å². The molecule has 0 spiro atoms. The summed E-state index contributed by atoms with van der Waals surface area (Å²) in [4.78, 5) is 0. The summed E-state index contributed by atoms with van der Waals surface area (Å²) in [6.07, 6.45) is 3.83. The fourth-order valence-electron chi connectivity index (χ4n) is 2.47. The van der Waals surface area contributed by atoms with Gasteiger partial charge in [-0.1, -0.05) is 29.8 Å². The highest BCUT2D eigenvalue weighted by atomic mass is 32.2. The van der Waals surface area contributed by atoms with Crippen molar-refractivity contribution >= 4 is 11.8 Å². The van der Waals surface area contributed by atoms with Gasteiger partial charge >= 0.3 is 0 Å². The Bertz CT molecular complexity index is 358. The standard InChI is InChI=1S/C16H25NS/c1-13-4-3-5-15(10-13)7-6-14(2)17-11-16-8-9-18-12-16/h3-5,10,14,16-17H,6-9,11-12H2,1-2H3. The lowest BCUT2D eigenvalue weighted by molar-refractivity contribution is 0.451. The minimum Gasteiger partial charge on any atom is -0.314 e. The number of aryl methyl sites for hydroxylation is 2. The van der Waals surface area contributed by atoms with E-state index in [1.807, 2.05) is 0 Å². The van der Waals surface area contributed by atoms with Crippen LogP contribution in [0.25, 0.3) is 0 Å². The molecule has 1 aromatic rings. The van der Waals surface area contributed by atoms with Gasteiger partial charge in [0.1, 0.15) is 0 Å². The molecule has 1 nitrogen and oxygen atoms in total. The largest absolute Gasteiger partial charge is 0.314 e. The number of rotatable bonds is 6. The van der Waals surface area contributed by atoms with E-state index in [4.69, 9.17) is 0 Å². The molecule has 1 saturated heterocycles. The Labute approximate surface area is 116 Å². The molecule has 1 aliphatic heterocycles. The van der Waals surface area contributed by atoms with Crippen molar-refractivity contribution in [2.75, 3.05) is 18.1 Å². The maximum absolute atomic E-state index is 3.70. The Hall–Kier alpha value is -0.470. The molecule has 2 rings (SSSR count). The minimum absolute atomic E-state index is 0.635. The van der Waals surface area contributed by atoms with Crippen LogP contribution < -0.4 is 5.32 Å². The Morgan fingerprint density at radius 2 is 2.33 bits per heavy atom. The van der Waals surface area contributed by atoms with Gasteiger partial charge in [-0.25, -0.2) is 0 Å². The third kappa shape index (κ3) is 4.66. The topological polar surface area (TPSA) is 12.0 Å². The smallest absolute Gasteiger partial charge is 0.00420 e. The third-order valence-electron chi connectivity index (χ3n) is 3.73. The van der Waals surface area contributed by atoms with E-state index >= 15 is 0 Å². The molecule has 0 aliphatic carbocycles. The first-order chi connectivity index (χ1) is 8.74. The van der Waals surface area contributed by atoms with E-state index in [1.54, 1.807) is 0 Å². The van der Waals surface area contributed by atoms with Gasteiger partial charge in [0, 0.05) is 6.04 Å². The summed E-state index contributed by atoms with van der Waals surface area (Å²) >= 11 is 2.11. The molecule has 2 atom stereocenters. The molecule has 1 heterocycles. The zero-order chi connectivity index (χ0) is 12.8. The Morgan fingerprint density at radius 1 is 1.44 bits per heavy atom. The van der Waals surface area contributed by atoms with Gasteiger partial charge in [0.25, 0.3) is 0 Å². The van der Waals surface area contributed by atoms with Crippen molar-refractivity contribution in [2.45, 2.75) is 39.2 Å². The molecule has 0 bridgehead atoms. The first-order valence-electron chi connectivity index (χ1n) is 7.10. The molecule has 2 unspecified atom stereocenters. The number of hydrogen-bond donors (Lipinski definition) is 1. The van der Waals surface area contributed by atoms with Crippen molar-refractivity contribution in [3.05, 3.63) is 35.4 Å². The summed E-state index contributed by atoms with van der Waals surface area (Å²) in [6.45, 7) is 5.70. The summed E-state index contributed by atoms with van der Waals surface area (Å²) < 4.78 is 0. The predicted molar refractivity (Wildman–Crippen MR) is 82.4 cm³/mol. The Kier molecular flexibility index (Phi) is 5.58. The highest BCUT2D eigenvalue weighted by molar-refractivity contribution is 7.99. The molecule has 100 valence electrons. The monoisotopic (exact) mass is 263 g/mol. The van der Waals surface area contributed by atoms with Crippen LogP contribution in [0.2, 0.25) is 0 Å². The molecule has 18 heavy (non-hydrogen) atoms. The van der Waals surface area contributed by atoms with Gasteiger partial charge in [-0.15, -0.1) is 0 Å². The molecule has 1 aliphatic rings. The first-order valence-corrected chi connectivity index (χ1v) is 8.26. The molecule has 1 aromatic carbocycles. The average molecular weight is 263 g/mol. The fourth-order valence-corrected chi connectivity index (χ4v) is 3.75. The second kappa shape index (κ2) is 7.20. The fraction of sp³-hybridized carbons (Fsp3) is 0.625. The predicted octanol–water partition coefficient (Wildman–Crippen LogP) is 3.66. The maximum atomic E-state index is 3.70. The summed E-state index contributed by atoms with van der Waals surface area (Å²) in [5.41, 5.74) is 2.84. The lowest BCUT2D eigenvalue weighted by Gasteiger charge is -2.16. The molecule has 0 aromatic heterocycles. The van der Waals surface area contributed by atoms with Gasteiger partial charge in [-0.2, -0.15) is 11.8 Å². The van der Waals surface area contributed by atoms with Gasteiger partial charge in [0.15, 0.2) is 0 Å². The summed E-state index contributed by atoms with van der Waals surface area (Å²) in [6, 6.07) is 9.52. The van der Waals surface area contributed by atoms with Gasteiger partial charge in [0.05, 0.1) is 0 Å². The van der Waals surface area contributed by atoms with Crippen molar-refractivity contribution in [3.63, 3.8) is 0 Å². The SMILES string of the molecule is Cc1cccc(CCC(C)NCC2CCSC2)c1. The lowest BCUT2D eigenvalue weighted by Crippen LogP contribution is -2.31. The Morgan fingerprint density at radius 3 is 3.06 bits per heavy atom. The van der Waals surface area contributed by atoms with E-state index in [2.05, 4.69) is 55.2 Å². The molecule has 0 saturated carbocycles. The average Bonchev–Trinajstić information content (AvgIpc) is 2.87. The van der Waals surface area contributed by atoms with Gasteiger partial charge in [-0.3, -0.25) is 0 Å². The van der Waals surface area contributed by atoms with Crippen LogP contribution >= 0.6 is 11.8 Å². The maximum Gasteiger partial charge on any atom is 0.00420 e. The van der Waals surface area contributed by atoms with Crippen molar-refractivity contribution in [2.24, 2.45) is 5.92 Å². The number of hydrogen-bond acceptors (Lipinski definition) is 2. The molecule has 1 N–H and O–H groups in total. The lowest BCUT2D eigenvalue weighted by atomic mass is 10.0. The number of thioether (sulfide) groups is 1. The molecule has 2 heteroatoms. The normalized spacial score (nSPS) is 21.1. The van der Waals surface area contributed by atoms with E-state index in [1.165, 1.54) is 48.4 Å².